The van der Waals surface area contributed by atoms with Gasteiger partial charge in [0.1, 0.15) is 11.8 Å². The quantitative estimate of drug-likeness (QED) is 0.763. The number of aromatic hydroxyl groups is 1. The van der Waals surface area contributed by atoms with Gasteiger partial charge in [0.05, 0.1) is 5.56 Å². The van der Waals surface area contributed by atoms with Crippen molar-refractivity contribution in [3.63, 3.8) is 0 Å². The van der Waals surface area contributed by atoms with E-state index in [1.54, 1.807) is 12.1 Å². The van der Waals surface area contributed by atoms with Gasteiger partial charge in [-0.2, -0.15) is 5.26 Å². The van der Waals surface area contributed by atoms with Crippen molar-refractivity contribution in [1.29, 1.82) is 5.26 Å². The van der Waals surface area contributed by atoms with Crippen LogP contribution in [-0.4, -0.2) is 25.3 Å². The molecule has 0 atom stereocenters. The van der Waals surface area contributed by atoms with Crippen molar-refractivity contribution in [3.05, 3.63) is 54.1 Å². The van der Waals surface area contributed by atoms with Gasteiger partial charge < -0.3 is 5.11 Å². The fourth-order valence-electron chi connectivity index (χ4n) is 1.80. The van der Waals surface area contributed by atoms with E-state index in [1.165, 1.54) is 10.9 Å². The first kappa shape index (κ1) is 11.9. The zero-order chi connectivity index (χ0) is 13.9. The average molecular weight is 263 g/mol. The molecule has 1 N–H and O–H groups in total. The molecule has 0 aliphatic heterocycles. The third-order valence-electron chi connectivity index (χ3n) is 2.80. The summed E-state index contributed by atoms with van der Waals surface area (Å²) < 4.78 is 0. The Morgan fingerprint density at radius 2 is 1.85 bits per heavy atom. The number of tetrazole rings is 1. The Labute approximate surface area is 114 Å². The maximum Gasteiger partial charge on any atom is 0.205 e. The number of phenols is 1. The van der Waals surface area contributed by atoms with Crippen molar-refractivity contribution < 1.29 is 5.11 Å². The summed E-state index contributed by atoms with van der Waals surface area (Å²) in [5.41, 5.74) is 1.31. The number of phenolic OH excluding ortho intramolecular Hbond substituents is 1. The second-order valence-electron chi connectivity index (χ2n) is 4.05. The highest BCUT2D eigenvalue weighted by molar-refractivity contribution is 5.56. The second kappa shape index (κ2) is 4.82. The number of para-hydroxylation sites is 1. The number of hydrogen-bond donors (Lipinski definition) is 1. The fourth-order valence-corrected chi connectivity index (χ4v) is 1.80. The van der Waals surface area contributed by atoms with Crippen LogP contribution < -0.4 is 0 Å². The first-order chi connectivity index (χ1) is 9.79. The van der Waals surface area contributed by atoms with Gasteiger partial charge in [0, 0.05) is 5.56 Å². The molecule has 0 unspecified atom stereocenters. The van der Waals surface area contributed by atoms with Gasteiger partial charge in [-0.25, -0.2) is 0 Å². The van der Waals surface area contributed by atoms with E-state index in [1.807, 2.05) is 36.4 Å². The van der Waals surface area contributed by atoms with Crippen LogP contribution in [0.3, 0.4) is 0 Å². The van der Waals surface area contributed by atoms with Crippen LogP contribution in [0, 0.1) is 11.3 Å². The molecule has 6 nitrogen and oxygen atoms in total. The minimum absolute atomic E-state index is 0.160. The Kier molecular flexibility index (Phi) is 2.86. The minimum Gasteiger partial charge on any atom is -0.504 e. The van der Waals surface area contributed by atoms with E-state index < -0.39 is 0 Å². The molecule has 0 fully saturated rings. The highest BCUT2D eigenvalue weighted by Crippen LogP contribution is 2.24. The summed E-state index contributed by atoms with van der Waals surface area (Å²) in [6.45, 7) is 0. The summed E-state index contributed by atoms with van der Waals surface area (Å²) in [4.78, 5) is 1.21. The van der Waals surface area contributed by atoms with Crippen LogP contribution in [0.25, 0.3) is 17.1 Å². The predicted octanol–water partition coefficient (Wildman–Crippen LogP) is 1.91. The maximum atomic E-state index is 9.97. The van der Waals surface area contributed by atoms with Crippen molar-refractivity contribution in [2.24, 2.45) is 0 Å². The molecule has 0 saturated heterocycles. The van der Waals surface area contributed by atoms with E-state index in [-0.39, 0.29) is 11.3 Å². The molecule has 1 aromatic heterocycles. The molecule has 3 rings (SSSR count). The van der Waals surface area contributed by atoms with Crippen molar-refractivity contribution in [2.45, 2.75) is 0 Å². The highest BCUT2D eigenvalue weighted by Gasteiger charge is 2.12. The second-order valence-corrected chi connectivity index (χ2v) is 4.05. The summed E-state index contributed by atoms with van der Waals surface area (Å²) in [5, 5.41) is 30.9. The van der Waals surface area contributed by atoms with Crippen molar-refractivity contribution in [3.8, 4) is 28.9 Å². The lowest BCUT2D eigenvalue weighted by Crippen LogP contribution is -2.00. The molecule has 1 heterocycles. The van der Waals surface area contributed by atoms with Gasteiger partial charge in [0.15, 0.2) is 5.75 Å². The zero-order valence-corrected chi connectivity index (χ0v) is 10.3. The van der Waals surface area contributed by atoms with Gasteiger partial charge in [-0.15, -0.1) is 15.0 Å². The molecule has 0 spiro atoms. The summed E-state index contributed by atoms with van der Waals surface area (Å²) >= 11 is 0. The predicted molar refractivity (Wildman–Crippen MR) is 71.0 cm³/mol. The van der Waals surface area contributed by atoms with Gasteiger partial charge in [-0.1, -0.05) is 36.4 Å². The Bertz CT molecular complexity index is 789. The Balaban J connectivity index is 2.06. The minimum atomic E-state index is -0.160. The van der Waals surface area contributed by atoms with Crippen LogP contribution in [0.2, 0.25) is 0 Å². The van der Waals surface area contributed by atoms with Crippen LogP contribution in [0.15, 0.2) is 48.5 Å². The molecule has 96 valence electrons. The van der Waals surface area contributed by atoms with Crippen molar-refractivity contribution >= 4 is 0 Å². The number of benzene rings is 2. The lowest BCUT2D eigenvalue weighted by Gasteiger charge is -2.02. The molecular formula is C14H9N5O. The molecule has 3 aromatic rings. The number of hydrogen-bond acceptors (Lipinski definition) is 5. The normalized spacial score (nSPS) is 10.2. The third-order valence-corrected chi connectivity index (χ3v) is 2.80. The summed E-state index contributed by atoms with van der Waals surface area (Å²) in [7, 11) is 0. The Hall–Kier alpha value is -3.20. The monoisotopic (exact) mass is 263 g/mol. The van der Waals surface area contributed by atoms with Gasteiger partial charge in [0.2, 0.25) is 5.82 Å². The van der Waals surface area contributed by atoms with Gasteiger partial charge in [0.25, 0.3) is 0 Å². The van der Waals surface area contributed by atoms with Gasteiger partial charge >= 0.3 is 0 Å². The third kappa shape index (κ3) is 1.97. The largest absolute Gasteiger partial charge is 0.504 e. The molecular weight excluding hydrogens is 254 g/mol. The highest BCUT2D eigenvalue weighted by atomic mass is 16.3. The zero-order valence-electron chi connectivity index (χ0n) is 10.3. The number of rotatable bonds is 2. The molecule has 6 heteroatoms. The van der Waals surface area contributed by atoms with Gasteiger partial charge in [-0.3, -0.25) is 0 Å². The topological polar surface area (TPSA) is 87.6 Å². The fraction of sp³-hybridized carbons (Fsp3) is 0. The van der Waals surface area contributed by atoms with Gasteiger partial charge in [-0.05, 0) is 17.3 Å². The molecule has 0 amide bonds. The van der Waals surface area contributed by atoms with Crippen LogP contribution in [0.1, 0.15) is 5.56 Å². The lowest BCUT2D eigenvalue weighted by molar-refractivity contribution is 0.465. The van der Waals surface area contributed by atoms with E-state index in [0.717, 1.165) is 5.56 Å². The van der Waals surface area contributed by atoms with E-state index in [9.17, 15) is 5.11 Å². The Morgan fingerprint density at radius 3 is 2.60 bits per heavy atom. The number of nitriles is 1. The van der Waals surface area contributed by atoms with Crippen molar-refractivity contribution in [1.82, 2.24) is 20.2 Å². The van der Waals surface area contributed by atoms with E-state index in [0.29, 0.717) is 11.5 Å². The van der Waals surface area contributed by atoms with Crippen LogP contribution >= 0.6 is 0 Å². The summed E-state index contributed by atoms with van der Waals surface area (Å²) in [6, 6.07) is 16.1. The van der Waals surface area contributed by atoms with Crippen LogP contribution in [-0.2, 0) is 0 Å². The average Bonchev–Trinajstić information content (AvgIpc) is 2.98. The van der Waals surface area contributed by atoms with E-state index in [2.05, 4.69) is 15.4 Å². The molecule has 0 radical (unpaired) electrons. The molecule has 0 aliphatic rings. The maximum absolute atomic E-state index is 9.97. The number of nitrogens with zero attached hydrogens (tertiary/aromatic N) is 5. The van der Waals surface area contributed by atoms with Crippen molar-refractivity contribution in [2.75, 3.05) is 0 Å². The molecule has 0 bridgehead atoms. The van der Waals surface area contributed by atoms with E-state index >= 15 is 0 Å². The molecule has 20 heavy (non-hydrogen) atoms. The van der Waals surface area contributed by atoms with Crippen LogP contribution in [0.5, 0.6) is 5.75 Å². The van der Waals surface area contributed by atoms with E-state index in [4.69, 9.17) is 5.26 Å². The number of aromatic nitrogens is 4. The first-order valence-corrected chi connectivity index (χ1v) is 5.87. The summed E-state index contributed by atoms with van der Waals surface area (Å²) in [5.74, 6) is 0.291. The molecule has 0 aliphatic carbocycles. The smallest absolute Gasteiger partial charge is 0.205 e. The Morgan fingerprint density at radius 1 is 1.05 bits per heavy atom. The molecule has 2 aromatic carbocycles. The first-order valence-electron chi connectivity index (χ1n) is 5.87. The summed E-state index contributed by atoms with van der Waals surface area (Å²) in [6.07, 6.45) is 0. The lowest BCUT2D eigenvalue weighted by atomic mass is 10.2. The van der Waals surface area contributed by atoms with Crippen LogP contribution in [0.4, 0.5) is 0 Å². The standard InChI is InChI=1S/C14H9N5O/c15-9-11-7-4-8-12(13(11)20)19-17-14(16-18-19)10-5-2-1-3-6-10/h1-8,20H. The SMILES string of the molecule is N#Cc1cccc(-n2nnc(-c3ccccc3)n2)c1O. The molecule has 0 saturated carbocycles.